The monoisotopic (exact) mass is 301 g/mol. The first kappa shape index (κ1) is 15.9. The molecule has 117 valence electrons. The van der Waals surface area contributed by atoms with E-state index in [0.717, 1.165) is 5.56 Å². The number of fused-ring (bicyclic) bond motifs is 3. The van der Waals surface area contributed by atoms with Crippen molar-refractivity contribution in [3.05, 3.63) is 65.6 Å². The lowest BCUT2D eigenvalue weighted by Gasteiger charge is -2.33. The predicted molar refractivity (Wildman–Crippen MR) is 97.9 cm³/mol. The van der Waals surface area contributed by atoms with Crippen LogP contribution < -0.4 is 0 Å². The van der Waals surface area contributed by atoms with Gasteiger partial charge >= 0.3 is 0 Å². The summed E-state index contributed by atoms with van der Waals surface area (Å²) in [5, 5.41) is 0. The maximum atomic E-state index is 7.80. The summed E-state index contributed by atoms with van der Waals surface area (Å²) in [5.74, 6) is 2.72. The molecule has 0 saturated carbocycles. The van der Waals surface area contributed by atoms with E-state index < -0.39 is 0 Å². The predicted octanol–water partition coefficient (Wildman–Crippen LogP) is 6.27. The van der Waals surface area contributed by atoms with Crippen LogP contribution in [-0.4, -0.2) is 0 Å². The van der Waals surface area contributed by atoms with Crippen LogP contribution in [0.3, 0.4) is 0 Å². The van der Waals surface area contributed by atoms with Crippen LogP contribution in [0, 0.1) is 12.3 Å². The molecule has 0 aromatic heterocycles. The zero-order valence-electron chi connectivity index (χ0n) is 14.3. The van der Waals surface area contributed by atoms with E-state index in [1.54, 1.807) is 0 Å². The molecule has 1 aliphatic carbocycles. The highest BCUT2D eigenvalue weighted by molar-refractivity contribution is 5.83. The van der Waals surface area contributed by atoms with Crippen molar-refractivity contribution in [1.29, 1.82) is 0 Å². The van der Waals surface area contributed by atoms with Crippen molar-refractivity contribution >= 4 is 0 Å². The van der Waals surface area contributed by atoms with E-state index >= 15 is 0 Å². The van der Waals surface area contributed by atoms with Crippen molar-refractivity contribution in [2.24, 2.45) is 0 Å². The highest BCUT2D eigenvalue weighted by atomic mass is 14.5. The molecule has 0 heteroatoms. The number of benzene rings is 2. The quantitative estimate of drug-likeness (QED) is 0.551. The van der Waals surface area contributed by atoms with Crippen LogP contribution in [0.25, 0.3) is 11.1 Å². The fourth-order valence-corrected chi connectivity index (χ4v) is 4.27. The normalized spacial score (nSPS) is 14.1. The molecule has 0 atom stereocenters. The third-order valence-electron chi connectivity index (χ3n) is 5.32. The summed E-state index contributed by atoms with van der Waals surface area (Å²) in [6.07, 6.45) is 15.0. The fourth-order valence-electron chi connectivity index (χ4n) is 4.27. The molecule has 0 aliphatic heterocycles. The number of hydrogen-bond acceptors (Lipinski definition) is 0. The topological polar surface area (TPSA) is 0 Å². The Morgan fingerprint density at radius 2 is 1.52 bits per heavy atom. The Morgan fingerprint density at radius 3 is 2.17 bits per heavy atom. The van der Waals surface area contributed by atoms with E-state index in [1.165, 1.54) is 60.8 Å². The molecule has 2 aromatic carbocycles. The smallest absolute Gasteiger partial charge is 0.0302 e. The molecule has 23 heavy (non-hydrogen) atoms. The highest BCUT2D eigenvalue weighted by Gasteiger charge is 2.43. The molecule has 0 N–H and O–H groups in total. The van der Waals surface area contributed by atoms with Gasteiger partial charge in [0.15, 0.2) is 0 Å². The van der Waals surface area contributed by atoms with Crippen LogP contribution in [0.4, 0.5) is 0 Å². The minimum absolute atomic E-state index is 0.0720. The Balaban J connectivity index is 2.27. The molecule has 0 saturated heterocycles. The van der Waals surface area contributed by atoms with Crippen molar-refractivity contribution in [2.45, 2.75) is 57.8 Å². The standard InChI is InChI=1S/C23H25/c1-4-7-16-23(17-8-5-2)21-15-10-9-13-19(21)20-14-11-12-18(6-3)22(20)23/h9-15H,4-5,7-8,16-17H2,1-2H3. The van der Waals surface area contributed by atoms with Crippen molar-refractivity contribution < 1.29 is 0 Å². The maximum absolute atomic E-state index is 7.80. The van der Waals surface area contributed by atoms with Crippen LogP contribution in [0.15, 0.2) is 42.5 Å². The van der Waals surface area contributed by atoms with E-state index in [1.807, 2.05) is 0 Å². The van der Waals surface area contributed by atoms with Gasteiger partial charge in [-0.3, -0.25) is 0 Å². The molecule has 0 heterocycles. The first-order valence-corrected chi connectivity index (χ1v) is 8.94. The minimum atomic E-state index is 0.0720. The van der Waals surface area contributed by atoms with Crippen molar-refractivity contribution in [3.63, 3.8) is 0 Å². The zero-order chi connectivity index (χ0) is 16.3. The van der Waals surface area contributed by atoms with Gasteiger partial charge in [-0.25, -0.2) is 0 Å². The second-order valence-electron chi connectivity index (χ2n) is 6.69. The van der Waals surface area contributed by atoms with Gasteiger partial charge in [0.25, 0.3) is 0 Å². The fraction of sp³-hybridized carbons (Fsp3) is 0.391. The molecule has 1 radical (unpaired) electrons. The molecular weight excluding hydrogens is 276 g/mol. The third kappa shape index (κ3) is 2.49. The Hall–Kier alpha value is -2.00. The lowest BCUT2D eigenvalue weighted by atomic mass is 9.69. The lowest BCUT2D eigenvalue weighted by Crippen LogP contribution is -2.26. The van der Waals surface area contributed by atoms with Crippen molar-refractivity contribution in [2.75, 3.05) is 0 Å². The lowest BCUT2D eigenvalue weighted by molar-refractivity contribution is 0.414. The van der Waals surface area contributed by atoms with Gasteiger partial charge in [-0.2, -0.15) is 0 Å². The molecule has 1 aliphatic rings. The van der Waals surface area contributed by atoms with Crippen LogP contribution in [0.2, 0.25) is 0 Å². The van der Waals surface area contributed by atoms with Crippen LogP contribution >= 0.6 is 0 Å². The summed E-state index contributed by atoms with van der Waals surface area (Å²) in [4.78, 5) is 0. The van der Waals surface area contributed by atoms with Gasteiger partial charge in [0, 0.05) is 11.0 Å². The summed E-state index contributed by atoms with van der Waals surface area (Å²) in [6.45, 7) is 4.54. The first-order valence-electron chi connectivity index (χ1n) is 8.94. The number of unbranched alkanes of at least 4 members (excludes halogenated alkanes) is 2. The van der Waals surface area contributed by atoms with Gasteiger partial charge in [-0.05, 0) is 47.6 Å². The summed E-state index contributed by atoms with van der Waals surface area (Å²) in [5.41, 5.74) is 6.57. The average molecular weight is 301 g/mol. The average Bonchev–Trinajstić information content (AvgIpc) is 2.89. The highest BCUT2D eigenvalue weighted by Crippen LogP contribution is 2.54. The van der Waals surface area contributed by atoms with Crippen molar-refractivity contribution in [3.8, 4) is 17.0 Å². The van der Waals surface area contributed by atoms with Crippen LogP contribution in [-0.2, 0) is 5.41 Å². The summed E-state index contributed by atoms with van der Waals surface area (Å²) < 4.78 is 0. The van der Waals surface area contributed by atoms with Gasteiger partial charge in [0.05, 0.1) is 0 Å². The van der Waals surface area contributed by atoms with Crippen molar-refractivity contribution in [1.82, 2.24) is 0 Å². The van der Waals surface area contributed by atoms with E-state index in [2.05, 4.69) is 62.2 Å². The summed E-state index contributed by atoms with van der Waals surface area (Å²) >= 11 is 0. The Morgan fingerprint density at radius 1 is 0.870 bits per heavy atom. The molecule has 0 nitrogen and oxygen atoms in total. The van der Waals surface area contributed by atoms with E-state index in [0.29, 0.717) is 0 Å². The van der Waals surface area contributed by atoms with Gasteiger partial charge < -0.3 is 0 Å². The Labute approximate surface area is 140 Å². The minimum Gasteiger partial charge on any atom is -0.0654 e. The maximum Gasteiger partial charge on any atom is 0.0302 e. The third-order valence-corrected chi connectivity index (χ3v) is 5.32. The Bertz CT molecular complexity index is 722. The van der Waals surface area contributed by atoms with E-state index in [9.17, 15) is 0 Å². The van der Waals surface area contributed by atoms with Crippen LogP contribution in [0.5, 0.6) is 0 Å². The van der Waals surface area contributed by atoms with Gasteiger partial charge in [-0.1, -0.05) is 81.8 Å². The van der Waals surface area contributed by atoms with Gasteiger partial charge in [-0.15, -0.1) is 0 Å². The van der Waals surface area contributed by atoms with E-state index in [-0.39, 0.29) is 5.41 Å². The zero-order valence-corrected chi connectivity index (χ0v) is 14.3. The largest absolute Gasteiger partial charge is 0.0654 e. The molecule has 0 unspecified atom stereocenters. The Kier molecular flexibility index (Phi) is 4.58. The molecule has 2 aromatic rings. The molecule has 3 rings (SSSR count). The summed E-state index contributed by atoms with van der Waals surface area (Å²) in [6, 6.07) is 15.2. The first-order chi connectivity index (χ1) is 11.3. The molecular formula is C23H25. The molecule has 0 bridgehead atoms. The number of hydrogen-bond donors (Lipinski definition) is 0. The van der Waals surface area contributed by atoms with Crippen LogP contribution in [0.1, 0.15) is 69.1 Å². The molecule has 0 amide bonds. The van der Waals surface area contributed by atoms with Gasteiger partial charge in [0.2, 0.25) is 0 Å². The molecule has 0 fully saturated rings. The second-order valence-corrected chi connectivity index (χ2v) is 6.69. The van der Waals surface area contributed by atoms with E-state index in [4.69, 9.17) is 6.42 Å². The summed E-state index contributed by atoms with van der Waals surface area (Å²) in [7, 11) is 0. The molecule has 0 spiro atoms. The van der Waals surface area contributed by atoms with Gasteiger partial charge in [0.1, 0.15) is 0 Å². The SMILES string of the molecule is [C]#Cc1cccc2c1C(CCCC)(CCCC)c1ccccc1-2. The number of rotatable bonds is 6. The second kappa shape index (κ2) is 6.63.